The molecule has 0 aromatic heterocycles. The van der Waals surface area contributed by atoms with E-state index < -0.39 is 11.6 Å². The van der Waals surface area contributed by atoms with E-state index in [4.69, 9.17) is 5.73 Å². The fourth-order valence-electron chi connectivity index (χ4n) is 1.69. The minimum absolute atomic E-state index is 0.275. The van der Waals surface area contributed by atoms with Gasteiger partial charge in [0.15, 0.2) is 0 Å². The van der Waals surface area contributed by atoms with Gasteiger partial charge in [-0.15, -0.1) is 0 Å². The van der Waals surface area contributed by atoms with E-state index in [2.05, 4.69) is 0 Å². The first-order chi connectivity index (χ1) is 8.11. The van der Waals surface area contributed by atoms with Crippen molar-refractivity contribution < 1.29 is 8.78 Å². The van der Waals surface area contributed by atoms with Crippen LogP contribution in [-0.2, 0) is 6.54 Å². The summed E-state index contributed by atoms with van der Waals surface area (Å²) >= 11 is 0. The molecule has 0 bridgehead atoms. The van der Waals surface area contributed by atoms with Crippen LogP contribution < -0.4 is 5.73 Å². The molecular weight excluding hydrogens is 220 g/mol. The molecule has 0 spiro atoms. The van der Waals surface area contributed by atoms with Crippen molar-refractivity contribution in [1.29, 1.82) is 0 Å². The highest BCUT2D eigenvalue weighted by molar-refractivity contribution is 5.65. The Morgan fingerprint density at radius 3 is 2.24 bits per heavy atom. The number of rotatable bonds is 2. The highest BCUT2D eigenvalue weighted by atomic mass is 19.1. The lowest BCUT2D eigenvalue weighted by molar-refractivity contribution is 0.595. The summed E-state index contributed by atoms with van der Waals surface area (Å²) in [4.78, 5) is 0. The normalized spacial score (nSPS) is 10.6. The van der Waals surface area contributed by atoms with Crippen molar-refractivity contribution in [2.75, 3.05) is 0 Å². The summed E-state index contributed by atoms with van der Waals surface area (Å²) in [6.45, 7) is 1.98. The summed E-state index contributed by atoms with van der Waals surface area (Å²) in [6.07, 6.45) is 0. The van der Waals surface area contributed by atoms with Crippen molar-refractivity contribution in [3.05, 3.63) is 59.2 Å². The van der Waals surface area contributed by atoms with Gasteiger partial charge >= 0.3 is 0 Å². The van der Waals surface area contributed by atoms with Crippen LogP contribution in [0.25, 0.3) is 11.1 Å². The quantitative estimate of drug-likeness (QED) is 0.845. The van der Waals surface area contributed by atoms with E-state index in [0.717, 1.165) is 5.56 Å². The van der Waals surface area contributed by atoms with Gasteiger partial charge in [0.05, 0.1) is 0 Å². The Bertz CT molecular complexity index is 533. The standard InChI is InChI=1S/C14H13F2N/c1-9-6-14(16)12(7-13(9)15)11-4-2-10(8-17)3-5-11/h2-7H,8,17H2,1H3. The second kappa shape index (κ2) is 4.63. The lowest BCUT2D eigenvalue weighted by Gasteiger charge is -2.06. The highest BCUT2D eigenvalue weighted by Crippen LogP contribution is 2.25. The number of hydrogen-bond acceptors (Lipinski definition) is 1. The van der Waals surface area contributed by atoms with Crippen LogP contribution in [0.2, 0.25) is 0 Å². The highest BCUT2D eigenvalue weighted by Gasteiger charge is 2.09. The van der Waals surface area contributed by atoms with Crippen LogP contribution in [0.1, 0.15) is 11.1 Å². The van der Waals surface area contributed by atoms with E-state index in [1.807, 2.05) is 12.1 Å². The molecule has 0 radical (unpaired) electrons. The van der Waals surface area contributed by atoms with Crippen LogP contribution in [0.3, 0.4) is 0 Å². The average molecular weight is 233 g/mol. The van der Waals surface area contributed by atoms with Gasteiger partial charge in [0.2, 0.25) is 0 Å². The molecule has 0 saturated heterocycles. The molecule has 0 fully saturated rings. The number of aryl methyl sites for hydroxylation is 1. The van der Waals surface area contributed by atoms with Crippen LogP contribution >= 0.6 is 0 Å². The molecule has 2 aromatic rings. The van der Waals surface area contributed by atoms with Gasteiger partial charge in [0.25, 0.3) is 0 Å². The predicted molar refractivity (Wildman–Crippen MR) is 64.4 cm³/mol. The molecule has 0 aliphatic carbocycles. The van der Waals surface area contributed by atoms with Crippen LogP contribution in [0.5, 0.6) is 0 Å². The predicted octanol–water partition coefficient (Wildman–Crippen LogP) is 3.40. The van der Waals surface area contributed by atoms with Gasteiger partial charge in [0, 0.05) is 12.1 Å². The minimum atomic E-state index is -0.413. The number of halogens is 2. The molecule has 2 N–H and O–H groups in total. The summed E-state index contributed by atoms with van der Waals surface area (Å²) in [5.41, 5.74) is 7.67. The van der Waals surface area contributed by atoms with E-state index in [1.165, 1.54) is 12.1 Å². The third-order valence-corrected chi connectivity index (χ3v) is 2.75. The summed E-state index contributed by atoms with van der Waals surface area (Å²) in [6, 6.07) is 9.55. The van der Waals surface area contributed by atoms with Gasteiger partial charge in [-0.05, 0) is 35.7 Å². The Hall–Kier alpha value is -1.74. The minimum Gasteiger partial charge on any atom is -0.326 e. The molecule has 2 rings (SSSR count). The Morgan fingerprint density at radius 1 is 1.00 bits per heavy atom. The smallest absolute Gasteiger partial charge is 0.131 e. The van der Waals surface area contributed by atoms with Crippen molar-refractivity contribution in [2.45, 2.75) is 13.5 Å². The fourth-order valence-corrected chi connectivity index (χ4v) is 1.69. The average Bonchev–Trinajstić information content (AvgIpc) is 2.34. The molecule has 0 saturated carbocycles. The lowest BCUT2D eigenvalue weighted by Crippen LogP contribution is -1.96. The van der Waals surface area contributed by atoms with Crippen LogP contribution in [0.4, 0.5) is 8.78 Å². The van der Waals surface area contributed by atoms with Crippen LogP contribution in [-0.4, -0.2) is 0 Å². The van der Waals surface area contributed by atoms with Crippen molar-refractivity contribution in [3.8, 4) is 11.1 Å². The molecule has 88 valence electrons. The lowest BCUT2D eigenvalue weighted by atomic mass is 10.0. The zero-order chi connectivity index (χ0) is 12.4. The fraction of sp³-hybridized carbons (Fsp3) is 0.143. The third-order valence-electron chi connectivity index (χ3n) is 2.75. The second-order valence-corrected chi connectivity index (χ2v) is 3.98. The van der Waals surface area contributed by atoms with Crippen molar-refractivity contribution in [1.82, 2.24) is 0 Å². The molecule has 0 heterocycles. The van der Waals surface area contributed by atoms with E-state index in [-0.39, 0.29) is 5.56 Å². The number of nitrogens with two attached hydrogens (primary N) is 1. The molecule has 0 atom stereocenters. The molecule has 2 aromatic carbocycles. The Morgan fingerprint density at radius 2 is 1.65 bits per heavy atom. The maximum Gasteiger partial charge on any atom is 0.131 e. The molecular formula is C14H13F2N. The monoisotopic (exact) mass is 233 g/mol. The van der Waals surface area contributed by atoms with Crippen molar-refractivity contribution in [2.24, 2.45) is 5.73 Å². The Kier molecular flexibility index (Phi) is 3.20. The summed E-state index contributed by atoms with van der Waals surface area (Å²) < 4.78 is 27.1. The SMILES string of the molecule is Cc1cc(F)c(-c2ccc(CN)cc2)cc1F. The summed E-state index contributed by atoms with van der Waals surface area (Å²) in [5.74, 6) is -0.811. The Balaban J connectivity index is 2.48. The van der Waals surface area contributed by atoms with Crippen LogP contribution in [0.15, 0.2) is 36.4 Å². The second-order valence-electron chi connectivity index (χ2n) is 3.98. The van der Waals surface area contributed by atoms with Gasteiger partial charge < -0.3 is 5.73 Å². The maximum atomic E-state index is 13.7. The Labute approximate surface area is 98.9 Å². The molecule has 0 unspecified atom stereocenters. The molecule has 0 aliphatic rings. The van der Waals surface area contributed by atoms with E-state index >= 15 is 0 Å². The third kappa shape index (κ3) is 2.34. The molecule has 17 heavy (non-hydrogen) atoms. The van der Waals surface area contributed by atoms with Crippen molar-refractivity contribution >= 4 is 0 Å². The first-order valence-electron chi connectivity index (χ1n) is 5.37. The van der Waals surface area contributed by atoms with E-state index in [9.17, 15) is 8.78 Å². The zero-order valence-electron chi connectivity index (χ0n) is 9.50. The first kappa shape index (κ1) is 11.7. The maximum absolute atomic E-state index is 13.7. The van der Waals surface area contributed by atoms with Gasteiger partial charge in [-0.25, -0.2) is 8.78 Å². The molecule has 1 nitrogen and oxygen atoms in total. The summed E-state index contributed by atoms with van der Waals surface area (Å²) in [7, 11) is 0. The van der Waals surface area contributed by atoms with Gasteiger partial charge in [-0.2, -0.15) is 0 Å². The molecule has 3 heteroatoms. The van der Waals surface area contributed by atoms with E-state index in [0.29, 0.717) is 17.7 Å². The largest absolute Gasteiger partial charge is 0.326 e. The van der Waals surface area contributed by atoms with Crippen LogP contribution in [0, 0.1) is 18.6 Å². The number of hydrogen-bond donors (Lipinski definition) is 1. The van der Waals surface area contributed by atoms with Gasteiger partial charge in [-0.1, -0.05) is 24.3 Å². The zero-order valence-corrected chi connectivity index (χ0v) is 9.50. The molecule has 0 aliphatic heterocycles. The van der Waals surface area contributed by atoms with Gasteiger partial charge in [-0.3, -0.25) is 0 Å². The van der Waals surface area contributed by atoms with E-state index in [1.54, 1.807) is 19.1 Å². The first-order valence-corrected chi connectivity index (χ1v) is 5.37. The van der Waals surface area contributed by atoms with Crippen molar-refractivity contribution in [3.63, 3.8) is 0 Å². The van der Waals surface area contributed by atoms with Gasteiger partial charge in [0.1, 0.15) is 11.6 Å². The topological polar surface area (TPSA) is 26.0 Å². The molecule has 0 amide bonds. The summed E-state index contributed by atoms with van der Waals surface area (Å²) in [5, 5.41) is 0. The number of benzene rings is 2.